The van der Waals surface area contributed by atoms with Crippen molar-refractivity contribution in [3.63, 3.8) is 0 Å². The zero-order chi connectivity index (χ0) is 9.90. The predicted octanol–water partition coefficient (Wildman–Crippen LogP) is 3.02. The van der Waals surface area contributed by atoms with E-state index in [1.165, 1.54) is 10.6 Å². The number of hydrogen-bond acceptors (Lipinski definition) is 3. The van der Waals surface area contributed by atoms with Gasteiger partial charge in [-0.3, -0.25) is 0 Å². The fourth-order valence-electron chi connectivity index (χ4n) is 0.895. The summed E-state index contributed by atoms with van der Waals surface area (Å²) < 4.78 is 0. The van der Waals surface area contributed by atoms with E-state index in [0.29, 0.717) is 6.54 Å². The first-order chi connectivity index (χ1) is 6.05. The molecule has 0 spiro atoms. The number of anilines is 1. The summed E-state index contributed by atoms with van der Waals surface area (Å²) in [4.78, 5) is 0. The zero-order valence-corrected chi connectivity index (χ0v) is 9.03. The highest BCUT2D eigenvalue weighted by Crippen LogP contribution is 2.23. The van der Waals surface area contributed by atoms with E-state index in [1.54, 1.807) is 11.3 Å². The van der Waals surface area contributed by atoms with Crippen molar-refractivity contribution in [2.45, 2.75) is 20.8 Å². The van der Waals surface area contributed by atoms with Crippen LogP contribution in [-0.4, -0.2) is 6.54 Å². The van der Waals surface area contributed by atoms with E-state index in [9.17, 15) is 0 Å². The molecule has 0 aliphatic heterocycles. The predicted molar refractivity (Wildman–Crippen MR) is 56.9 cm³/mol. The van der Waals surface area contributed by atoms with Gasteiger partial charge in [-0.1, -0.05) is 0 Å². The molecule has 13 heavy (non-hydrogen) atoms. The molecule has 1 rings (SSSR count). The van der Waals surface area contributed by atoms with Gasteiger partial charge in [-0.15, -0.1) is 11.3 Å². The molecule has 0 atom stereocenters. The topological polar surface area (TPSA) is 35.8 Å². The van der Waals surface area contributed by atoms with Gasteiger partial charge in [-0.05, 0) is 37.8 Å². The molecule has 2 nitrogen and oxygen atoms in total. The molecule has 3 heteroatoms. The fourth-order valence-corrected chi connectivity index (χ4v) is 1.71. The molecule has 0 saturated heterocycles. The van der Waals surface area contributed by atoms with Gasteiger partial charge in [0, 0.05) is 6.54 Å². The summed E-state index contributed by atoms with van der Waals surface area (Å²) >= 11 is 1.68. The molecule has 1 aromatic heterocycles. The Labute approximate surface area is 83.2 Å². The Balaban J connectivity index is 2.54. The Morgan fingerprint density at radius 3 is 2.77 bits per heavy atom. The first-order valence-electron chi connectivity index (χ1n) is 4.24. The second-order valence-corrected chi connectivity index (χ2v) is 4.70. The molecule has 0 aromatic carbocycles. The Kier molecular flexibility index (Phi) is 2.94. The van der Waals surface area contributed by atoms with E-state index in [-0.39, 0.29) is 5.41 Å². The molecular weight excluding hydrogens is 180 g/mol. The highest BCUT2D eigenvalue weighted by atomic mass is 32.1. The van der Waals surface area contributed by atoms with Crippen molar-refractivity contribution >= 4 is 16.3 Å². The first-order valence-corrected chi connectivity index (χ1v) is 5.12. The maximum absolute atomic E-state index is 8.81. The van der Waals surface area contributed by atoms with Crippen molar-refractivity contribution in [2.24, 2.45) is 5.41 Å². The van der Waals surface area contributed by atoms with E-state index in [2.05, 4.69) is 29.8 Å². The second-order valence-electron chi connectivity index (χ2n) is 3.78. The van der Waals surface area contributed by atoms with Gasteiger partial charge < -0.3 is 5.32 Å². The lowest BCUT2D eigenvalue weighted by Crippen LogP contribution is -2.20. The molecule has 1 aromatic rings. The van der Waals surface area contributed by atoms with Crippen LogP contribution in [-0.2, 0) is 0 Å². The summed E-state index contributed by atoms with van der Waals surface area (Å²) in [5.74, 6) is 0. The van der Waals surface area contributed by atoms with E-state index in [0.717, 1.165) is 0 Å². The van der Waals surface area contributed by atoms with Gasteiger partial charge in [0.1, 0.15) is 0 Å². The number of aryl methyl sites for hydroxylation is 1. The van der Waals surface area contributed by atoms with E-state index in [4.69, 9.17) is 5.26 Å². The molecule has 0 aliphatic rings. The van der Waals surface area contributed by atoms with Crippen LogP contribution in [0.15, 0.2) is 11.4 Å². The molecule has 0 fully saturated rings. The number of hydrogen-bond donors (Lipinski definition) is 1. The quantitative estimate of drug-likeness (QED) is 0.802. The molecule has 1 N–H and O–H groups in total. The minimum Gasteiger partial charge on any atom is -0.375 e. The van der Waals surface area contributed by atoms with Crippen molar-refractivity contribution in [3.8, 4) is 6.07 Å². The number of nitriles is 1. The third-order valence-corrected chi connectivity index (χ3v) is 2.83. The first kappa shape index (κ1) is 10.1. The largest absolute Gasteiger partial charge is 0.375 e. The monoisotopic (exact) mass is 194 g/mol. The SMILES string of the molecule is Cc1ccsc1NCC(C)(C)C#N. The van der Waals surface area contributed by atoms with Crippen LogP contribution in [0.5, 0.6) is 0 Å². The molecular formula is C10H14N2S. The van der Waals surface area contributed by atoms with Gasteiger partial charge in [-0.25, -0.2) is 0 Å². The van der Waals surface area contributed by atoms with Gasteiger partial charge in [0.2, 0.25) is 0 Å². The average molecular weight is 194 g/mol. The number of rotatable bonds is 3. The van der Waals surface area contributed by atoms with Gasteiger partial charge in [0.25, 0.3) is 0 Å². The Morgan fingerprint density at radius 1 is 1.62 bits per heavy atom. The third-order valence-electron chi connectivity index (χ3n) is 1.86. The third kappa shape index (κ3) is 2.74. The zero-order valence-electron chi connectivity index (χ0n) is 8.22. The van der Waals surface area contributed by atoms with Crippen LogP contribution in [0.3, 0.4) is 0 Å². The summed E-state index contributed by atoms with van der Waals surface area (Å²) in [6.45, 7) is 6.63. The Bertz CT molecular complexity index is 320. The summed E-state index contributed by atoms with van der Waals surface area (Å²) in [6.07, 6.45) is 0. The Morgan fingerprint density at radius 2 is 2.31 bits per heavy atom. The second kappa shape index (κ2) is 3.80. The molecule has 1 heterocycles. The standard InChI is InChI=1S/C10H14N2S/c1-8-4-5-13-9(8)12-7-10(2,3)6-11/h4-5,12H,7H2,1-3H3. The van der Waals surface area contributed by atoms with Gasteiger partial charge in [-0.2, -0.15) is 5.26 Å². The smallest absolute Gasteiger partial charge is 0.0912 e. The minimum absolute atomic E-state index is 0.295. The van der Waals surface area contributed by atoms with Crippen molar-refractivity contribution in [3.05, 3.63) is 17.0 Å². The van der Waals surface area contributed by atoms with E-state index in [1.807, 2.05) is 13.8 Å². The molecule has 0 saturated carbocycles. The van der Waals surface area contributed by atoms with Crippen LogP contribution >= 0.6 is 11.3 Å². The molecule has 0 bridgehead atoms. The van der Waals surface area contributed by atoms with Gasteiger partial charge in [0.05, 0.1) is 16.5 Å². The number of nitrogens with zero attached hydrogens (tertiary/aromatic N) is 1. The minimum atomic E-state index is -0.295. The summed E-state index contributed by atoms with van der Waals surface area (Å²) in [5, 5.41) is 15.3. The van der Waals surface area contributed by atoms with Crippen LogP contribution in [0.25, 0.3) is 0 Å². The lowest BCUT2D eigenvalue weighted by atomic mass is 9.96. The number of thiophene rings is 1. The lowest BCUT2D eigenvalue weighted by Gasteiger charge is -2.16. The van der Waals surface area contributed by atoms with Crippen LogP contribution in [0.4, 0.5) is 5.00 Å². The van der Waals surface area contributed by atoms with Crippen LogP contribution in [0.2, 0.25) is 0 Å². The van der Waals surface area contributed by atoms with Gasteiger partial charge in [0.15, 0.2) is 0 Å². The van der Waals surface area contributed by atoms with Gasteiger partial charge >= 0.3 is 0 Å². The molecule has 0 amide bonds. The van der Waals surface area contributed by atoms with Crippen molar-refractivity contribution < 1.29 is 0 Å². The summed E-state index contributed by atoms with van der Waals surface area (Å²) in [7, 11) is 0. The van der Waals surface area contributed by atoms with Crippen LogP contribution < -0.4 is 5.32 Å². The van der Waals surface area contributed by atoms with E-state index < -0.39 is 0 Å². The van der Waals surface area contributed by atoms with Crippen molar-refractivity contribution in [1.29, 1.82) is 5.26 Å². The molecule has 0 unspecified atom stereocenters. The number of nitrogens with one attached hydrogen (secondary N) is 1. The van der Waals surface area contributed by atoms with Crippen molar-refractivity contribution in [1.82, 2.24) is 0 Å². The van der Waals surface area contributed by atoms with Crippen LogP contribution in [0, 0.1) is 23.7 Å². The lowest BCUT2D eigenvalue weighted by molar-refractivity contribution is 0.529. The average Bonchev–Trinajstić information content (AvgIpc) is 2.48. The molecule has 0 aliphatic carbocycles. The normalized spacial score (nSPS) is 10.9. The van der Waals surface area contributed by atoms with Crippen LogP contribution in [0.1, 0.15) is 19.4 Å². The molecule has 70 valence electrons. The maximum atomic E-state index is 8.81. The summed E-state index contributed by atoms with van der Waals surface area (Å²) in [6, 6.07) is 4.34. The highest BCUT2D eigenvalue weighted by Gasteiger charge is 2.16. The molecule has 0 radical (unpaired) electrons. The fraction of sp³-hybridized carbons (Fsp3) is 0.500. The van der Waals surface area contributed by atoms with E-state index >= 15 is 0 Å². The maximum Gasteiger partial charge on any atom is 0.0912 e. The summed E-state index contributed by atoms with van der Waals surface area (Å²) in [5.41, 5.74) is 0.954. The highest BCUT2D eigenvalue weighted by molar-refractivity contribution is 7.14. The van der Waals surface area contributed by atoms with Crippen molar-refractivity contribution in [2.75, 3.05) is 11.9 Å². The Hall–Kier alpha value is -1.01.